The Morgan fingerprint density at radius 2 is 1.93 bits per heavy atom. The summed E-state index contributed by atoms with van der Waals surface area (Å²) >= 11 is 1.38. The van der Waals surface area contributed by atoms with Crippen molar-refractivity contribution in [3.63, 3.8) is 0 Å². The Morgan fingerprint density at radius 3 is 2.57 bits per heavy atom. The zero-order chi connectivity index (χ0) is 20.3. The number of aromatic nitrogens is 2. The molecule has 0 spiro atoms. The second kappa shape index (κ2) is 9.15. The Bertz CT molecular complexity index is 830. The summed E-state index contributed by atoms with van der Waals surface area (Å²) in [6.45, 7) is 16.9. The van der Waals surface area contributed by atoms with E-state index in [-0.39, 0.29) is 5.97 Å². The summed E-state index contributed by atoms with van der Waals surface area (Å²) < 4.78 is 5.20. The van der Waals surface area contributed by atoms with Crippen LogP contribution in [0.3, 0.4) is 0 Å². The first kappa shape index (κ1) is 21.0. The van der Waals surface area contributed by atoms with Gasteiger partial charge in [-0.05, 0) is 39.8 Å². The van der Waals surface area contributed by atoms with E-state index in [1.54, 1.807) is 0 Å². The highest BCUT2D eigenvalue weighted by molar-refractivity contribution is 7.20. The monoisotopic (exact) mass is 405 g/mol. The van der Waals surface area contributed by atoms with Crippen LogP contribution in [0, 0.1) is 13.8 Å². The van der Waals surface area contributed by atoms with E-state index in [9.17, 15) is 4.79 Å². The van der Waals surface area contributed by atoms with Crippen LogP contribution in [0.15, 0.2) is 0 Å². The molecular formula is C20H31N5O2S. The Hall–Kier alpha value is -1.77. The molecule has 3 rings (SSSR count). The van der Waals surface area contributed by atoms with Crippen LogP contribution in [-0.2, 0) is 4.74 Å². The molecule has 1 aliphatic rings. The third-order valence-electron chi connectivity index (χ3n) is 5.41. The summed E-state index contributed by atoms with van der Waals surface area (Å²) in [6, 6.07) is 0.410. The number of anilines is 1. The van der Waals surface area contributed by atoms with Crippen LogP contribution in [0.1, 0.15) is 41.8 Å². The lowest BCUT2D eigenvalue weighted by molar-refractivity contribution is 0.0531. The topological polar surface area (TPSA) is 70.6 Å². The molecule has 1 fully saturated rings. The second-order valence-corrected chi connectivity index (χ2v) is 8.28. The highest BCUT2D eigenvalue weighted by Crippen LogP contribution is 2.34. The van der Waals surface area contributed by atoms with Gasteiger partial charge in [0.2, 0.25) is 0 Å². The minimum absolute atomic E-state index is 0.284. The number of fused-ring (bicyclic) bond motifs is 1. The van der Waals surface area contributed by atoms with Crippen molar-refractivity contribution in [2.75, 3.05) is 51.2 Å². The van der Waals surface area contributed by atoms with Gasteiger partial charge in [-0.1, -0.05) is 6.92 Å². The van der Waals surface area contributed by atoms with Crippen LogP contribution in [0.2, 0.25) is 0 Å². The molecule has 1 saturated heterocycles. The van der Waals surface area contributed by atoms with Gasteiger partial charge in [-0.3, -0.25) is 4.90 Å². The predicted octanol–water partition coefficient (Wildman–Crippen LogP) is 2.92. The van der Waals surface area contributed by atoms with Crippen molar-refractivity contribution in [2.24, 2.45) is 0 Å². The minimum Gasteiger partial charge on any atom is -0.462 e. The average Bonchev–Trinajstić information content (AvgIpc) is 3.02. The summed E-state index contributed by atoms with van der Waals surface area (Å²) in [6.07, 6.45) is 0. The molecule has 1 unspecified atom stereocenters. The van der Waals surface area contributed by atoms with E-state index in [4.69, 9.17) is 4.74 Å². The number of aryl methyl sites for hydroxylation is 2. The van der Waals surface area contributed by atoms with Crippen molar-refractivity contribution in [1.82, 2.24) is 19.8 Å². The van der Waals surface area contributed by atoms with E-state index in [2.05, 4.69) is 38.9 Å². The van der Waals surface area contributed by atoms with Gasteiger partial charge in [-0.15, -0.1) is 11.3 Å². The number of ether oxygens (including phenoxy) is 1. The van der Waals surface area contributed by atoms with Gasteiger partial charge in [-0.2, -0.15) is 0 Å². The summed E-state index contributed by atoms with van der Waals surface area (Å²) in [5, 5.41) is 4.46. The van der Waals surface area contributed by atoms with Gasteiger partial charge in [0.15, 0.2) is 0 Å². The molecule has 0 radical (unpaired) electrons. The number of rotatable bonds is 7. The van der Waals surface area contributed by atoms with E-state index in [1.807, 2.05) is 20.8 Å². The van der Waals surface area contributed by atoms with Gasteiger partial charge in [0.05, 0.1) is 12.0 Å². The second-order valence-electron chi connectivity index (χ2n) is 7.28. The molecule has 2 aromatic rings. The Morgan fingerprint density at radius 1 is 1.21 bits per heavy atom. The summed E-state index contributed by atoms with van der Waals surface area (Å²) in [7, 11) is 0. The van der Waals surface area contributed by atoms with Crippen LogP contribution in [-0.4, -0.2) is 77.7 Å². The van der Waals surface area contributed by atoms with E-state index in [0.717, 1.165) is 60.9 Å². The highest BCUT2D eigenvalue weighted by Gasteiger charge is 2.23. The first-order chi connectivity index (χ1) is 13.4. The van der Waals surface area contributed by atoms with Gasteiger partial charge >= 0.3 is 5.97 Å². The number of hydrogen-bond donors (Lipinski definition) is 1. The number of nitrogens with zero attached hydrogens (tertiary/aromatic N) is 4. The fourth-order valence-electron chi connectivity index (χ4n) is 3.66. The molecular weight excluding hydrogens is 374 g/mol. The molecule has 2 aromatic heterocycles. The van der Waals surface area contributed by atoms with Crippen molar-refractivity contribution in [3.8, 4) is 0 Å². The lowest BCUT2D eigenvalue weighted by atomic mass is 10.2. The molecule has 1 atom stereocenters. The lowest BCUT2D eigenvalue weighted by Crippen LogP contribution is -2.51. The van der Waals surface area contributed by atoms with Crippen molar-refractivity contribution in [1.29, 1.82) is 0 Å². The summed E-state index contributed by atoms with van der Waals surface area (Å²) in [4.78, 5) is 27.9. The standard InChI is InChI=1S/C20H31N5O2S/c1-6-24-8-10-25(11-9-24)13(3)12-21-18-16-14(4)17(20(26)27-7-2)28-19(16)23-15(5)22-18/h13H,6-12H2,1-5H3,(H,21,22,23). The molecule has 3 heterocycles. The Balaban J connectivity index is 1.76. The third-order valence-corrected chi connectivity index (χ3v) is 6.57. The zero-order valence-corrected chi connectivity index (χ0v) is 18.4. The van der Waals surface area contributed by atoms with Crippen molar-refractivity contribution < 1.29 is 9.53 Å². The number of likely N-dealkylation sites (N-methyl/N-ethyl adjacent to an activating group) is 1. The first-order valence-corrected chi connectivity index (χ1v) is 10.9. The fourth-order valence-corrected chi connectivity index (χ4v) is 4.78. The number of carbonyl (C=O) groups excluding carboxylic acids is 1. The molecule has 8 heteroatoms. The lowest BCUT2D eigenvalue weighted by Gasteiger charge is -2.37. The van der Waals surface area contributed by atoms with Crippen molar-refractivity contribution in [3.05, 3.63) is 16.3 Å². The van der Waals surface area contributed by atoms with Crippen LogP contribution >= 0.6 is 11.3 Å². The largest absolute Gasteiger partial charge is 0.462 e. The maximum Gasteiger partial charge on any atom is 0.348 e. The molecule has 0 aliphatic carbocycles. The molecule has 0 bridgehead atoms. The quantitative estimate of drug-likeness (QED) is 0.710. The van der Waals surface area contributed by atoms with Crippen LogP contribution < -0.4 is 5.32 Å². The molecule has 1 N–H and O–H groups in total. The Kier molecular flexibility index (Phi) is 6.85. The van der Waals surface area contributed by atoms with Crippen molar-refractivity contribution in [2.45, 2.75) is 40.7 Å². The molecule has 0 aromatic carbocycles. The van der Waals surface area contributed by atoms with Gasteiger partial charge in [-0.25, -0.2) is 14.8 Å². The van der Waals surface area contributed by atoms with E-state index in [0.29, 0.717) is 23.4 Å². The van der Waals surface area contributed by atoms with Gasteiger partial charge in [0.1, 0.15) is 21.3 Å². The molecule has 1 aliphatic heterocycles. The molecule has 7 nitrogen and oxygen atoms in total. The van der Waals surface area contributed by atoms with Crippen LogP contribution in [0.25, 0.3) is 10.2 Å². The molecule has 0 amide bonds. The van der Waals surface area contributed by atoms with Crippen LogP contribution in [0.4, 0.5) is 5.82 Å². The van der Waals surface area contributed by atoms with Gasteiger partial charge < -0.3 is 15.0 Å². The van der Waals surface area contributed by atoms with Gasteiger partial charge in [0, 0.05) is 38.8 Å². The van der Waals surface area contributed by atoms with E-state index >= 15 is 0 Å². The Labute approximate surface area is 171 Å². The number of piperazine rings is 1. The number of carbonyl (C=O) groups is 1. The first-order valence-electron chi connectivity index (χ1n) is 10.1. The van der Waals surface area contributed by atoms with E-state index in [1.165, 1.54) is 11.3 Å². The summed E-state index contributed by atoms with van der Waals surface area (Å²) in [5.74, 6) is 1.23. The normalized spacial score (nSPS) is 17.0. The van der Waals surface area contributed by atoms with Crippen molar-refractivity contribution >= 4 is 33.3 Å². The number of thiophene rings is 1. The number of nitrogens with one attached hydrogen (secondary N) is 1. The molecule has 28 heavy (non-hydrogen) atoms. The SMILES string of the molecule is CCOC(=O)c1sc2nc(C)nc(NCC(C)N3CCN(CC)CC3)c2c1C. The molecule has 0 saturated carbocycles. The number of hydrogen-bond acceptors (Lipinski definition) is 8. The predicted molar refractivity (Wildman–Crippen MR) is 114 cm³/mol. The van der Waals surface area contributed by atoms with Gasteiger partial charge in [0.25, 0.3) is 0 Å². The van der Waals surface area contributed by atoms with Crippen LogP contribution in [0.5, 0.6) is 0 Å². The fraction of sp³-hybridized carbons (Fsp3) is 0.650. The smallest absolute Gasteiger partial charge is 0.348 e. The molecule has 154 valence electrons. The maximum absolute atomic E-state index is 12.3. The highest BCUT2D eigenvalue weighted by atomic mass is 32.1. The zero-order valence-electron chi connectivity index (χ0n) is 17.5. The third kappa shape index (κ3) is 4.45. The maximum atomic E-state index is 12.3. The summed E-state index contributed by atoms with van der Waals surface area (Å²) in [5.41, 5.74) is 0.894. The number of esters is 1. The van der Waals surface area contributed by atoms with E-state index < -0.39 is 0 Å². The average molecular weight is 406 g/mol. The minimum atomic E-state index is -0.284.